The molecule has 0 saturated carbocycles. The summed E-state index contributed by atoms with van der Waals surface area (Å²) in [7, 11) is 0. The first kappa shape index (κ1) is 36.5. The molecule has 8 aromatic carbocycles. The zero-order valence-electron chi connectivity index (χ0n) is 34.0. The molecule has 0 aliphatic heterocycles. The SMILES string of the molecule is CC(C)(C)c1cc(-c2cccc(-c3cccc(-c4cc(-c5ccc6c(c5)sc5ccccc56)cc(C(C)(C)C)c4)c3)c2)cc(-c2ccc3c(c2)sc2ccccc23)c1. The highest BCUT2D eigenvalue weighted by Gasteiger charge is 2.19. The molecule has 0 nitrogen and oxygen atoms in total. The summed E-state index contributed by atoms with van der Waals surface area (Å²) in [5.41, 5.74) is 15.1. The summed E-state index contributed by atoms with van der Waals surface area (Å²) < 4.78 is 5.35. The molecule has 2 heterocycles. The van der Waals surface area contributed by atoms with Crippen LogP contribution in [0.4, 0.5) is 0 Å². The molecule has 0 fully saturated rings. The third-order valence-corrected chi connectivity index (χ3v) is 14.0. The van der Waals surface area contributed by atoms with Gasteiger partial charge in [-0.25, -0.2) is 0 Å². The molecule has 0 saturated heterocycles. The average Bonchev–Trinajstić information content (AvgIpc) is 3.80. The molecule has 0 amide bonds. The van der Waals surface area contributed by atoms with E-state index in [9.17, 15) is 0 Å². The fraction of sp³-hybridized carbons (Fsp3) is 0.143. The molecule has 282 valence electrons. The van der Waals surface area contributed by atoms with Gasteiger partial charge in [-0.05, 0) is 126 Å². The quantitative estimate of drug-likeness (QED) is 0.163. The number of thiophene rings is 2. The van der Waals surface area contributed by atoms with Crippen LogP contribution in [0, 0.1) is 0 Å². The summed E-state index contributed by atoms with van der Waals surface area (Å²) in [5.74, 6) is 0. The Kier molecular flexibility index (Phi) is 8.78. The van der Waals surface area contributed by atoms with Crippen molar-refractivity contribution in [1.29, 1.82) is 0 Å². The molecule has 0 spiro atoms. The molecule has 0 atom stereocenters. The van der Waals surface area contributed by atoms with E-state index in [2.05, 4.69) is 211 Å². The van der Waals surface area contributed by atoms with E-state index < -0.39 is 0 Å². The molecule has 0 N–H and O–H groups in total. The van der Waals surface area contributed by atoms with Crippen molar-refractivity contribution in [3.63, 3.8) is 0 Å². The first-order valence-corrected chi connectivity index (χ1v) is 21.9. The molecule has 0 aliphatic carbocycles. The Hall–Kier alpha value is -5.80. The van der Waals surface area contributed by atoms with Crippen molar-refractivity contribution in [3.05, 3.63) is 181 Å². The number of rotatable bonds is 5. The Balaban J connectivity index is 1.03. The van der Waals surface area contributed by atoms with Gasteiger partial charge in [0.25, 0.3) is 0 Å². The van der Waals surface area contributed by atoms with E-state index >= 15 is 0 Å². The average molecular weight is 783 g/mol. The number of fused-ring (bicyclic) bond motifs is 6. The van der Waals surface area contributed by atoms with Gasteiger partial charge in [-0.15, -0.1) is 22.7 Å². The van der Waals surface area contributed by atoms with Crippen LogP contribution < -0.4 is 0 Å². The molecule has 10 rings (SSSR count). The van der Waals surface area contributed by atoms with Gasteiger partial charge < -0.3 is 0 Å². The van der Waals surface area contributed by atoms with Gasteiger partial charge in [0, 0.05) is 40.3 Å². The van der Waals surface area contributed by atoms with E-state index in [1.54, 1.807) is 0 Å². The van der Waals surface area contributed by atoms with Gasteiger partial charge in [0.2, 0.25) is 0 Å². The predicted molar refractivity (Wildman–Crippen MR) is 257 cm³/mol. The van der Waals surface area contributed by atoms with Crippen LogP contribution in [0.3, 0.4) is 0 Å². The van der Waals surface area contributed by atoms with E-state index in [1.165, 1.54) is 107 Å². The van der Waals surface area contributed by atoms with Crippen LogP contribution in [0.25, 0.3) is 96.0 Å². The zero-order chi connectivity index (χ0) is 39.8. The van der Waals surface area contributed by atoms with Gasteiger partial charge in [0.05, 0.1) is 0 Å². The molecule has 0 bridgehead atoms. The monoisotopic (exact) mass is 782 g/mol. The van der Waals surface area contributed by atoms with Gasteiger partial charge >= 0.3 is 0 Å². The summed E-state index contributed by atoms with van der Waals surface area (Å²) in [5, 5.41) is 5.35. The van der Waals surface area contributed by atoms with Gasteiger partial charge in [0.1, 0.15) is 0 Å². The third kappa shape index (κ3) is 6.75. The summed E-state index contributed by atoms with van der Waals surface area (Å²) in [4.78, 5) is 0. The molecular formula is C56H46S2. The summed E-state index contributed by atoms with van der Waals surface area (Å²) in [6, 6.07) is 64.0. The van der Waals surface area contributed by atoms with Crippen molar-refractivity contribution < 1.29 is 0 Å². The summed E-state index contributed by atoms with van der Waals surface area (Å²) in [6.45, 7) is 13.9. The van der Waals surface area contributed by atoms with Crippen molar-refractivity contribution in [2.45, 2.75) is 52.4 Å². The summed E-state index contributed by atoms with van der Waals surface area (Å²) >= 11 is 3.76. The maximum absolute atomic E-state index is 2.40. The van der Waals surface area contributed by atoms with Crippen molar-refractivity contribution in [1.82, 2.24) is 0 Å². The largest absolute Gasteiger partial charge is 0.135 e. The summed E-state index contributed by atoms with van der Waals surface area (Å²) in [6.07, 6.45) is 0. The zero-order valence-corrected chi connectivity index (χ0v) is 35.6. The second-order valence-corrected chi connectivity index (χ2v) is 20.0. The predicted octanol–water partition coefficient (Wildman–Crippen LogP) is 17.4. The normalized spacial score (nSPS) is 12.3. The minimum atomic E-state index is 0.00247. The highest BCUT2D eigenvalue weighted by Crippen LogP contribution is 2.41. The van der Waals surface area contributed by atoms with E-state index in [-0.39, 0.29) is 10.8 Å². The Morgan fingerprint density at radius 1 is 0.259 bits per heavy atom. The highest BCUT2D eigenvalue weighted by molar-refractivity contribution is 7.26. The first-order chi connectivity index (χ1) is 27.9. The molecule has 2 heteroatoms. The molecule has 0 unspecified atom stereocenters. The van der Waals surface area contributed by atoms with E-state index in [1.807, 2.05) is 22.7 Å². The lowest BCUT2D eigenvalue weighted by Crippen LogP contribution is -2.11. The van der Waals surface area contributed by atoms with Crippen molar-refractivity contribution in [3.8, 4) is 55.6 Å². The van der Waals surface area contributed by atoms with Gasteiger partial charge in [-0.3, -0.25) is 0 Å². The molecular weight excluding hydrogens is 737 g/mol. The van der Waals surface area contributed by atoms with Crippen molar-refractivity contribution in [2.24, 2.45) is 0 Å². The molecule has 0 aliphatic rings. The van der Waals surface area contributed by atoms with Crippen LogP contribution in [0.15, 0.2) is 170 Å². The second kappa shape index (κ2) is 13.9. The fourth-order valence-electron chi connectivity index (χ4n) is 8.36. The Morgan fingerprint density at radius 3 is 0.948 bits per heavy atom. The van der Waals surface area contributed by atoms with Crippen LogP contribution >= 0.6 is 22.7 Å². The van der Waals surface area contributed by atoms with E-state index in [0.29, 0.717) is 0 Å². The molecule has 2 aromatic heterocycles. The molecule has 58 heavy (non-hydrogen) atoms. The van der Waals surface area contributed by atoms with Crippen LogP contribution in [-0.4, -0.2) is 0 Å². The minimum Gasteiger partial charge on any atom is -0.135 e. The topological polar surface area (TPSA) is 0 Å². The number of hydrogen-bond donors (Lipinski definition) is 0. The lowest BCUT2D eigenvalue weighted by Gasteiger charge is -2.22. The van der Waals surface area contributed by atoms with Crippen LogP contribution in [0.2, 0.25) is 0 Å². The third-order valence-electron chi connectivity index (χ3n) is 11.7. The van der Waals surface area contributed by atoms with Gasteiger partial charge in [-0.2, -0.15) is 0 Å². The second-order valence-electron chi connectivity index (χ2n) is 17.9. The van der Waals surface area contributed by atoms with Gasteiger partial charge in [-0.1, -0.05) is 163 Å². The molecule has 10 aromatic rings. The van der Waals surface area contributed by atoms with Crippen molar-refractivity contribution in [2.75, 3.05) is 0 Å². The Bertz CT molecular complexity index is 2970. The van der Waals surface area contributed by atoms with Crippen LogP contribution in [-0.2, 0) is 10.8 Å². The fourth-order valence-corrected chi connectivity index (χ4v) is 10.6. The maximum Gasteiger partial charge on any atom is 0.0361 e. The van der Waals surface area contributed by atoms with Crippen LogP contribution in [0.1, 0.15) is 52.7 Å². The highest BCUT2D eigenvalue weighted by atomic mass is 32.1. The Labute approximate surface area is 350 Å². The standard InChI is InChI=1S/C56H46S2/c1-55(2,3)45-29-41(27-43(31-45)39-21-23-49-47-17-7-9-19-51(47)57-53(49)33-39)37-15-11-13-35(25-37)36-14-12-16-38(26-36)42-28-44(32-46(30-42)56(4,5)6)40-22-24-50-48-18-8-10-20-52(48)58-54(50)34-40/h7-34H,1-6H3. The number of hydrogen-bond acceptors (Lipinski definition) is 2. The van der Waals surface area contributed by atoms with E-state index in [0.717, 1.165) is 0 Å². The Morgan fingerprint density at radius 2 is 0.569 bits per heavy atom. The number of benzene rings is 8. The first-order valence-electron chi connectivity index (χ1n) is 20.3. The molecule has 0 radical (unpaired) electrons. The van der Waals surface area contributed by atoms with Crippen molar-refractivity contribution >= 4 is 63.0 Å². The minimum absolute atomic E-state index is 0.00247. The lowest BCUT2D eigenvalue weighted by molar-refractivity contribution is 0.590. The maximum atomic E-state index is 2.40. The lowest BCUT2D eigenvalue weighted by atomic mass is 9.82. The smallest absolute Gasteiger partial charge is 0.0361 e. The van der Waals surface area contributed by atoms with Gasteiger partial charge in [0.15, 0.2) is 0 Å². The van der Waals surface area contributed by atoms with E-state index in [4.69, 9.17) is 0 Å². The van der Waals surface area contributed by atoms with Crippen LogP contribution in [0.5, 0.6) is 0 Å².